The van der Waals surface area contributed by atoms with Crippen molar-refractivity contribution in [3.8, 4) is 0 Å². The maximum absolute atomic E-state index is 12.7. The van der Waals surface area contributed by atoms with E-state index < -0.39 is 17.6 Å². The lowest BCUT2D eigenvalue weighted by atomic mass is 10.2. The summed E-state index contributed by atoms with van der Waals surface area (Å²) in [5.41, 5.74) is 5.61. The molecule has 0 radical (unpaired) electrons. The van der Waals surface area contributed by atoms with Gasteiger partial charge in [0.2, 0.25) is 0 Å². The van der Waals surface area contributed by atoms with E-state index in [1.807, 2.05) is 0 Å². The second-order valence-corrected chi connectivity index (χ2v) is 4.08. The van der Waals surface area contributed by atoms with E-state index in [4.69, 9.17) is 0 Å². The zero-order valence-electron chi connectivity index (χ0n) is 10.7. The van der Waals surface area contributed by atoms with Gasteiger partial charge >= 0.3 is 0 Å². The molecule has 1 aromatic carbocycles. The maximum atomic E-state index is 12.7. The Morgan fingerprint density at radius 3 is 2.30 bits per heavy atom. The van der Waals surface area contributed by atoms with Gasteiger partial charge in [-0.1, -0.05) is 6.07 Å². The second kappa shape index (κ2) is 5.92. The first kappa shape index (κ1) is 13.7. The molecule has 2 aromatic rings. The highest BCUT2D eigenvalue weighted by Crippen LogP contribution is 2.02. The highest BCUT2D eigenvalue weighted by atomic mass is 19.1. The number of pyridine rings is 1. The van der Waals surface area contributed by atoms with Gasteiger partial charge in [0, 0.05) is 11.3 Å². The quantitative estimate of drug-likeness (QED) is 0.816. The molecule has 6 heteroatoms. The minimum absolute atomic E-state index is 0.199. The molecule has 20 heavy (non-hydrogen) atoms. The van der Waals surface area contributed by atoms with E-state index in [1.165, 1.54) is 30.3 Å². The number of aromatic nitrogens is 1. The molecule has 2 N–H and O–H groups in total. The Morgan fingerprint density at radius 1 is 1.00 bits per heavy atom. The number of aryl methyl sites for hydroxylation is 1. The van der Waals surface area contributed by atoms with Crippen molar-refractivity contribution in [1.82, 2.24) is 15.8 Å². The average Bonchev–Trinajstić information content (AvgIpc) is 2.45. The van der Waals surface area contributed by atoms with Gasteiger partial charge in [0.25, 0.3) is 11.8 Å². The van der Waals surface area contributed by atoms with Gasteiger partial charge in [0.1, 0.15) is 11.5 Å². The molecule has 0 aliphatic carbocycles. The molecule has 0 saturated heterocycles. The zero-order valence-corrected chi connectivity index (χ0v) is 10.7. The fourth-order valence-electron chi connectivity index (χ4n) is 1.52. The lowest BCUT2D eigenvalue weighted by Gasteiger charge is -2.07. The van der Waals surface area contributed by atoms with Crippen LogP contribution in [0.5, 0.6) is 0 Å². The molecule has 102 valence electrons. The Labute approximate surface area is 114 Å². The largest absolute Gasteiger partial charge is 0.288 e. The molecule has 2 amide bonds. The predicted octanol–water partition coefficient (Wildman–Crippen LogP) is 1.60. The first-order chi connectivity index (χ1) is 9.56. The Balaban J connectivity index is 1.96. The fraction of sp³-hybridized carbons (Fsp3) is 0.0714. The summed E-state index contributed by atoms with van der Waals surface area (Å²) in [6, 6.07) is 9.96. The number of hydrazine groups is 1. The standard InChI is InChI=1S/C14H12FN3O2/c1-9-3-2-4-12(16-9)14(20)18-17-13(19)10-5-7-11(15)8-6-10/h2-8H,1H3,(H,17,19)(H,18,20). The summed E-state index contributed by atoms with van der Waals surface area (Å²) in [7, 11) is 0. The van der Waals surface area contributed by atoms with E-state index in [2.05, 4.69) is 15.8 Å². The molecule has 2 rings (SSSR count). The van der Waals surface area contributed by atoms with Crippen LogP contribution in [-0.2, 0) is 0 Å². The highest BCUT2D eigenvalue weighted by Gasteiger charge is 2.10. The van der Waals surface area contributed by atoms with Crippen molar-refractivity contribution in [3.05, 3.63) is 65.2 Å². The predicted molar refractivity (Wildman–Crippen MR) is 70.3 cm³/mol. The van der Waals surface area contributed by atoms with Crippen LogP contribution < -0.4 is 10.9 Å². The number of amides is 2. The third-order valence-electron chi connectivity index (χ3n) is 2.52. The number of rotatable bonds is 2. The first-order valence-corrected chi connectivity index (χ1v) is 5.86. The molecular weight excluding hydrogens is 261 g/mol. The maximum Gasteiger partial charge on any atom is 0.288 e. The van der Waals surface area contributed by atoms with Crippen molar-refractivity contribution in [2.24, 2.45) is 0 Å². The van der Waals surface area contributed by atoms with E-state index >= 15 is 0 Å². The lowest BCUT2D eigenvalue weighted by molar-refractivity contribution is 0.0844. The van der Waals surface area contributed by atoms with Crippen LogP contribution in [0.1, 0.15) is 26.5 Å². The Bertz CT molecular complexity index is 641. The van der Waals surface area contributed by atoms with Gasteiger partial charge in [-0.3, -0.25) is 20.4 Å². The Kier molecular flexibility index (Phi) is 4.05. The number of halogens is 1. The van der Waals surface area contributed by atoms with Gasteiger partial charge in [-0.05, 0) is 43.3 Å². The van der Waals surface area contributed by atoms with Crippen LogP contribution in [0.2, 0.25) is 0 Å². The van der Waals surface area contributed by atoms with E-state index in [1.54, 1.807) is 19.1 Å². The first-order valence-electron chi connectivity index (χ1n) is 5.86. The van der Waals surface area contributed by atoms with E-state index in [0.29, 0.717) is 5.69 Å². The normalized spacial score (nSPS) is 9.90. The number of benzene rings is 1. The highest BCUT2D eigenvalue weighted by molar-refractivity contribution is 5.98. The SMILES string of the molecule is Cc1cccc(C(=O)NNC(=O)c2ccc(F)cc2)n1. The third kappa shape index (κ3) is 3.38. The fourth-order valence-corrected chi connectivity index (χ4v) is 1.52. The monoisotopic (exact) mass is 273 g/mol. The van der Waals surface area contributed by atoms with Gasteiger partial charge in [0.15, 0.2) is 0 Å². The lowest BCUT2D eigenvalue weighted by Crippen LogP contribution is -2.42. The van der Waals surface area contributed by atoms with Crippen LogP contribution in [0.4, 0.5) is 4.39 Å². The van der Waals surface area contributed by atoms with Crippen LogP contribution >= 0.6 is 0 Å². The van der Waals surface area contributed by atoms with Gasteiger partial charge in [0.05, 0.1) is 0 Å². The molecule has 0 aliphatic heterocycles. The number of carbonyl (C=O) groups is 2. The van der Waals surface area contributed by atoms with Crippen molar-refractivity contribution >= 4 is 11.8 Å². The van der Waals surface area contributed by atoms with E-state index in [9.17, 15) is 14.0 Å². The number of nitrogens with zero attached hydrogens (tertiary/aromatic N) is 1. The number of nitrogens with one attached hydrogen (secondary N) is 2. The van der Waals surface area contributed by atoms with Crippen molar-refractivity contribution in [2.75, 3.05) is 0 Å². The zero-order chi connectivity index (χ0) is 14.5. The van der Waals surface area contributed by atoms with Crippen molar-refractivity contribution in [1.29, 1.82) is 0 Å². The molecule has 0 aliphatic rings. The molecule has 0 spiro atoms. The topological polar surface area (TPSA) is 71.1 Å². The Hall–Kier alpha value is -2.76. The molecule has 1 heterocycles. The summed E-state index contributed by atoms with van der Waals surface area (Å²) < 4.78 is 12.7. The van der Waals surface area contributed by atoms with E-state index in [0.717, 1.165) is 0 Å². The van der Waals surface area contributed by atoms with Crippen LogP contribution in [0.15, 0.2) is 42.5 Å². The molecule has 0 saturated carbocycles. The van der Waals surface area contributed by atoms with Crippen molar-refractivity contribution in [2.45, 2.75) is 6.92 Å². The van der Waals surface area contributed by atoms with Gasteiger partial charge in [-0.2, -0.15) is 0 Å². The number of hydrogen-bond donors (Lipinski definition) is 2. The van der Waals surface area contributed by atoms with Crippen LogP contribution in [0, 0.1) is 12.7 Å². The molecule has 0 bridgehead atoms. The minimum Gasteiger partial charge on any atom is -0.267 e. The molecule has 0 unspecified atom stereocenters. The summed E-state index contributed by atoms with van der Waals surface area (Å²) in [6.07, 6.45) is 0. The number of carbonyl (C=O) groups excluding carboxylic acids is 2. The minimum atomic E-state index is -0.536. The van der Waals surface area contributed by atoms with Crippen LogP contribution in [-0.4, -0.2) is 16.8 Å². The van der Waals surface area contributed by atoms with E-state index in [-0.39, 0.29) is 11.3 Å². The van der Waals surface area contributed by atoms with Crippen molar-refractivity contribution in [3.63, 3.8) is 0 Å². The Morgan fingerprint density at radius 2 is 1.65 bits per heavy atom. The van der Waals surface area contributed by atoms with Crippen LogP contribution in [0.3, 0.4) is 0 Å². The van der Waals surface area contributed by atoms with Gasteiger partial charge in [-0.25, -0.2) is 9.37 Å². The molecular formula is C14H12FN3O2. The summed E-state index contributed by atoms with van der Waals surface area (Å²) in [4.78, 5) is 27.5. The molecule has 5 nitrogen and oxygen atoms in total. The summed E-state index contributed by atoms with van der Waals surface area (Å²) in [5, 5.41) is 0. The summed E-state index contributed by atoms with van der Waals surface area (Å²) in [5.74, 6) is -1.50. The smallest absolute Gasteiger partial charge is 0.267 e. The molecule has 0 atom stereocenters. The van der Waals surface area contributed by atoms with Gasteiger partial charge in [-0.15, -0.1) is 0 Å². The van der Waals surface area contributed by atoms with Crippen molar-refractivity contribution < 1.29 is 14.0 Å². The molecule has 1 aromatic heterocycles. The average molecular weight is 273 g/mol. The number of hydrogen-bond acceptors (Lipinski definition) is 3. The van der Waals surface area contributed by atoms with Gasteiger partial charge < -0.3 is 0 Å². The summed E-state index contributed by atoms with van der Waals surface area (Å²) in [6.45, 7) is 1.76. The summed E-state index contributed by atoms with van der Waals surface area (Å²) >= 11 is 0. The molecule has 0 fully saturated rings. The second-order valence-electron chi connectivity index (χ2n) is 4.08. The third-order valence-corrected chi connectivity index (χ3v) is 2.52. The van der Waals surface area contributed by atoms with Crippen LogP contribution in [0.25, 0.3) is 0 Å².